The molecule has 10 nitrogen and oxygen atoms in total. The highest BCUT2D eigenvalue weighted by Gasteiger charge is 2.22. The van der Waals surface area contributed by atoms with E-state index in [1.165, 1.54) is 55.6 Å². The van der Waals surface area contributed by atoms with Crippen molar-refractivity contribution in [2.45, 2.75) is 10.6 Å². The van der Waals surface area contributed by atoms with Gasteiger partial charge in [-0.25, -0.2) is 31.1 Å². The molecular formula is C22H21N3O7S2. The molecule has 34 heavy (non-hydrogen) atoms. The molecule has 3 N–H and O–H groups in total. The molecule has 0 spiro atoms. The van der Waals surface area contributed by atoms with Crippen LogP contribution in [0.4, 0.5) is 16.2 Å². The number of carbonyl (C=O) groups is 2. The number of hydrogen-bond acceptors (Lipinski definition) is 7. The van der Waals surface area contributed by atoms with Gasteiger partial charge in [0.15, 0.2) is 0 Å². The molecule has 2 amide bonds. The van der Waals surface area contributed by atoms with Gasteiger partial charge in [0.1, 0.15) is 4.90 Å². The fourth-order valence-corrected chi connectivity index (χ4v) is 5.18. The minimum absolute atomic E-state index is 0.131. The number of urea groups is 1. The standard InChI is InChI=1S/C22H21N3O7S2/c1-32-21(26)17-11-13-18(14-12-17)24-34(30,31)20-10-6-5-9-19(20)23-22(27)25-33(28,29)15-16-7-3-2-4-8-16/h2-14,24H,15H2,1H3,(H2,23,25,27). The van der Waals surface area contributed by atoms with Gasteiger partial charge in [0.05, 0.1) is 24.1 Å². The minimum Gasteiger partial charge on any atom is -0.465 e. The molecule has 3 rings (SSSR count). The highest BCUT2D eigenvalue weighted by molar-refractivity contribution is 7.93. The van der Waals surface area contributed by atoms with E-state index in [2.05, 4.69) is 14.8 Å². The van der Waals surface area contributed by atoms with Crippen molar-refractivity contribution in [1.82, 2.24) is 4.72 Å². The van der Waals surface area contributed by atoms with Gasteiger partial charge in [0.2, 0.25) is 10.0 Å². The second-order valence-electron chi connectivity index (χ2n) is 6.97. The van der Waals surface area contributed by atoms with E-state index < -0.39 is 37.8 Å². The number of rotatable bonds is 8. The number of methoxy groups -OCH3 is 1. The van der Waals surface area contributed by atoms with Crippen molar-refractivity contribution in [2.24, 2.45) is 0 Å². The number of sulfonamides is 2. The highest BCUT2D eigenvalue weighted by Crippen LogP contribution is 2.24. The summed E-state index contributed by atoms with van der Waals surface area (Å²) in [4.78, 5) is 23.6. The lowest BCUT2D eigenvalue weighted by Crippen LogP contribution is -2.35. The summed E-state index contributed by atoms with van der Waals surface area (Å²) in [6.45, 7) is 0. The molecule has 0 saturated carbocycles. The number of para-hydroxylation sites is 1. The first-order valence-corrected chi connectivity index (χ1v) is 12.9. The Morgan fingerprint density at radius 3 is 2.09 bits per heavy atom. The van der Waals surface area contributed by atoms with Crippen molar-refractivity contribution < 1.29 is 31.2 Å². The third kappa shape index (κ3) is 6.56. The number of nitrogens with one attached hydrogen (secondary N) is 3. The van der Waals surface area contributed by atoms with Gasteiger partial charge < -0.3 is 10.1 Å². The van der Waals surface area contributed by atoms with Crippen LogP contribution in [0.15, 0.2) is 83.8 Å². The Morgan fingerprint density at radius 2 is 1.44 bits per heavy atom. The molecule has 0 heterocycles. The summed E-state index contributed by atoms with van der Waals surface area (Å²) in [6, 6.07) is 18.2. The van der Waals surface area contributed by atoms with Crippen molar-refractivity contribution in [1.29, 1.82) is 0 Å². The van der Waals surface area contributed by atoms with Crippen molar-refractivity contribution in [3.05, 3.63) is 90.0 Å². The smallest absolute Gasteiger partial charge is 0.337 e. The zero-order chi connectivity index (χ0) is 24.8. The molecule has 3 aromatic carbocycles. The number of benzene rings is 3. The zero-order valence-corrected chi connectivity index (χ0v) is 19.5. The quantitative estimate of drug-likeness (QED) is 0.400. The Balaban J connectivity index is 1.74. The summed E-state index contributed by atoms with van der Waals surface area (Å²) in [5, 5.41) is 2.27. The Hall–Kier alpha value is -3.90. The van der Waals surface area contributed by atoms with Crippen LogP contribution in [-0.4, -0.2) is 35.9 Å². The van der Waals surface area contributed by atoms with Crippen molar-refractivity contribution in [2.75, 3.05) is 17.1 Å². The van der Waals surface area contributed by atoms with Crippen LogP contribution in [0.2, 0.25) is 0 Å². The molecular weight excluding hydrogens is 482 g/mol. The minimum atomic E-state index is -4.18. The maximum atomic E-state index is 12.9. The molecule has 3 aromatic rings. The van der Waals surface area contributed by atoms with Gasteiger partial charge in [-0.1, -0.05) is 42.5 Å². The lowest BCUT2D eigenvalue weighted by Gasteiger charge is -2.14. The van der Waals surface area contributed by atoms with Crippen molar-refractivity contribution in [3.8, 4) is 0 Å². The Kier molecular flexibility index (Phi) is 7.54. The second kappa shape index (κ2) is 10.4. The second-order valence-corrected chi connectivity index (χ2v) is 10.3. The SMILES string of the molecule is COC(=O)c1ccc(NS(=O)(=O)c2ccccc2NC(=O)NS(=O)(=O)Cc2ccccc2)cc1. The number of amides is 2. The first-order valence-electron chi connectivity index (χ1n) is 9.75. The molecule has 0 radical (unpaired) electrons. The van der Waals surface area contributed by atoms with E-state index in [0.717, 1.165) is 0 Å². The van der Waals surface area contributed by atoms with E-state index in [1.54, 1.807) is 30.3 Å². The van der Waals surface area contributed by atoms with E-state index in [-0.39, 0.29) is 21.8 Å². The molecule has 0 aliphatic heterocycles. The van der Waals surface area contributed by atoms with Gasteiger partial charge >= 0.3 is 12.0 Å². The zero-order valence-electron chi connectivity index (χ0n) is 17.9. The normalized spacial score (nSPS) is 11.3. The number of esters is 1. The highest BCUT2D eigenvalue weighted by atomic mass is 32.2. The average Bonchev–Trinajstić information content (AvgIpc) is 2.79. The molecule has 0 aromatic heterocycles. The Bertz CT molecular complexity index is 1390. The molecule has 178 valence electrons. The number of ether oxygens (including phenoxy) is 1. The van der Waals surface area contributed by atoms with Gasteiger partial charge in [0, 0.05) is 5.69 Å². The fraction of sp³-hybridized carbons (Fsp3) is 0.0909. The summed E-state index contributed by atoms with van der Waals surface area (Å²) >= 11 is 0. The van der Waals surface area contributed by atoms with E-state index in [1.807, 2.05) is 4.72 Å². The molecule has 0 aliphatic carbocycles. The van der Waals surface area contributed by atoms with Crippen LogP contribution >= 0.6 is 0 Å². The Morgan fingerprint density at radius 1 is 0.824 bits per heavy atom. The molecule has 12 heteroatoms. The van der Waals surface area contributed by atoms with Crippen molar-refractivity contribution >= 4 is 43.4 Å². The van der Waals surface area contributed by atoms with Crippen LogP contribution in [0, 0.1) is 0 Å². The first-order chi connectivity index (χ1) is 16.1. The predicted octanol–water partition coefficient (Wildman–Crippen LogP) is 2.93. The average molecular weight is 504 g/mol. The number of carbonyl (C=O) groups excluding carboxylic acids is 2. The summed E-state index contributed by atoms with van der Waals surface area (Å²) in [5.74, 6) is -0.998. The largest absolute Gasteiger partial charge is 0.465 e. The fourth-order valence-electron chi connectivity index (χ4n) is 2.93. The summed E-state index contributed by atoms with van der Waals surface area (Å²) < 4.78 is 59.2. The molecule has 0 aliphatic rings. The Labute approximate surface area is 197 Å². The van der Waals surface area contributed by atoms with Crippen LogP contribution in [0.5, 0.6) is 0 Å². The third-order valence-corrected chi connectivity index (χ3v) is 7.08. The van der Waals surface area contributed by atoms with Crippen LogP contribution in [0.25, 0.3) is 0 Å². The monoisotopic (exact) mass is 503 g/mol. The van der Waals surface area contributed by atoms with Crippen LogP contribution in [0.1, 0.15) is 15.9 Å². The van der Waals surface area contributed by atoms with E-state index in [0.29, 0.717) is 5.56 Å². The number of hydrogen-bond donors (Lipinski definition) is 3. The topological polar surface area (TPSA) is 148 Å². The van der Waals surface area contributed by atoms with Crippen LogP contribution in [-0.2, 0) is 30.5 Å². The maximum Gasteiger partial charge on any atom is 0.337 e. The van der Waals surface area contributed by atoms with E-state index >= 15 is 0 Å². The molecule has 0 saturated heterocycles. The summed E-state index contributed by atoms with van der Waals surface area (Å²) in [5.41, 5.74) is 0.750. The van der Waals surface area contributed by atoms with Gasteiger partial charge in [0.25, 0.3) is 10.0 Å². The van der Waals surface area contributed by atoms with Gasteiger partial charge in [-0.15, -0.1) is 0 Å². The summed E-state index contributed by atoms with van der Waals surface area (Å²) in [7, 11) is -6.98. The maximum absolute atomic E-state index is 12.9. The molecule has 0 fully saturated rings. The summed E-state index contributed by atoms with van der Waals surface area (Å²) in [6.07, 6.45) is 0. The molecule has 0 atom stereocenters. The lowest BCUT2D eigenvalue weighted by molar-refractivity contribution is 0.0600. The van der Waals surface area contributed by atoms with E-state index in [4.69, 9.17) is 0 Å². The number of anilines is 2. The van der Waals surface area contributed by atoms with Crippen molar-refractivity contribution in [3.63, 3.8) is 0 Å². The van der Waals surface area contributed by atoms with E-state index in [9.17, 15) is 26.4 Å². The first kappa shape index (κ1) is 24.7. The lowest BCUT2D eigenvalue weighted by atomic mass is 10.2. The van der Waals surface area contributed by atoms with Crippen LogP contribution < -0.4 is 14.8 Å². The predicted molar refractivity (Wildman–Crippen MR) is 126 cm³/mol. The third-order valence-electron chi connectivity index (χ3n) is 4.43. The van der Waals surface area contributed by atoms with Gasteiger partial charge in [-0.05, 0) is 42.0 Å². The molecule has 0 bridgehead atoms. The van der Waals surface area contributed by atoms with Gasteiger partial charge in [-0.2, -0.15) is 0 Å². The van der Waals surface area contributed by atoms with Gasteiger partial charge in [-0.3, -0.25) is 4.72 Å². The molecule has 0 unspecified atom stereocenters. The van der Waals surface area contributed by atoms with Crippen LogP contribution in [0.3, 0.4) is 0 Å².